The van der Waals surface area contributed by atoms with Gasteiger partial charge in [-0.15, -0.1) is 0 Å². The third kappa shape index (κ3) is 11.2. The van der Waals surface area contributed by atoms with Crippen molar-refractivity contribution in [3.8, 4) is 16.9 Å². The molecule has 12 heteroatoms. The van der Waals surface area contributed by atoms with Crippen molar-refractivity contribution < 1.29 is 29.3 Å². The molecule has 0 bridgehead atoms. The van der Waals surface area contributed by atoms with E-state index in [4.69, 9.17) is 9.47 Å². The van der Waals surface area contributed by atoms with Crippen LogP contribution in [-0.4, -0.2) is 103 Å². The zero-order valence-corrected chi connectivity index (χ0v) is 33.6. The molecule has 2 fully saturated rings. The molecular weight excluding hydrogens is 747 g/mol. The highest BCUT2D eigenvalue weighted by molar-refractivity contribution is 5.91. The smallest absolute Gasteiger partial charge is 0.411 e. The summed E-state index contributed by atoms with van der Waals surface area (Å²) in [7, 11) is 1.75. The van der Waals surface area contributed by atoms with E-state index in [9.17, 15) is 24.6 Å². The molecule has 12 nitrogen and oxygen atoms in total. The monoisotopic (exact) mass is 801 g/mol. The predicted octanol–water partition coefficient (Wildman–Crippen LogP) is 6.13. The van der Waals surface area contributed by atoms with Gasteiger partial charge in [-0.2, -0.15) is 0 Å². The Morgan fingerprint density at radius 1 is 0.881 bits per heavy atom. The number of hydrogen-bond acceptors (Lipinski definition) is 9. The maximum Gasteiger partial charge on any atom is 0.411 e. The fraction of sp³-hybridized carbons (Fsp3) is 0.383. The first-order chi connectivity index (χ1) is 28.7. The quantitative estimate of drug-likeness (QED) is 0.0658. The van der Waals surface area contributed by atoms with E-state index >= 15 is 0 Å². The maximum absolute atomic E-state index is 12.9. The number of carbonyl (C=O) groups excluding carboxylic acids is 2. The fourth-order valence-corrected chi connectivity index (χ4v) is 8.44. The van der Waals surface area contributed by atoms with Crippen LogP contribution in [0.1, 0.15) is 42.1 Å². The minimum absolute atomic E-state index is 0.0102. The van der Waals surface area contributed by atoms with Gasteiger partial charge in [-0.05, 0) is 78.0 Å². The summed E-state index contributed by atoms with van der Waals surface area (Å²) < 4.78 is 11.7. The van der Waals surface area contributed by atoms with Crippen LogP contribution in [0.4, 0.5) is 10.5 Å². The number of amides is 2. The number of pyridine rings is 1. The van der Waals surface area contributed by atoms with E-state index in [1.165, 1.54) is 23.3 Å². The summed E-state index contributed by atoms with van der Waals surface area (Å²) >= 11 is 0. The van der Waals surface area contributed by atoms with Gasteiger partial charge in [0.1, 0.15) is 11.9 Å². The van der Waals surface area contributed by atoms with Crippen molar-refractivity contribution in [1.82, 2.24) is 20.1 Å². The molecule has 5 aromatic rings. The number of ether oxygens (including phenoxy) is 2. The van der Waals surface area contributed by atoms with Crippen molar-refractivity contribution in [2.75, 3.05) is 64.8 Å². The van der Waals surface area contributed by atoms with Gasteiger partial charge in [0, 0.05) is 63.3 Å². The van der Waals surface area contributed by atoms with Gasteiger partial charge in [0.05, 0.1) is 36.9 Å². The van der Waals surface area contributed by atoms with Gasteiger partial charge in [-0.1, -0.05) is 78.9 Å². The largest absolute Gasteiger partial charge is 0.506 e. The Hall–Kier alpha value is -5.53. The maximum atomic E-state index is 12.9. The summed E-state index contributed by atoms with van der Waals surface area (Å²) in [6.45, 7) is 5.21. The number of fused-ring (bicyclic) bond motifs is 2. The number of para-hydroxylation sites is 1. The summed E-state index contributed by atoms with van der Waals surface area (Å²) in [6, 6.07) is 32.6. The SMILES string of the molecule is CN(CCNC[C@H](O)c1ccc(O)c2[nH]c(=O)ccc12)C(=O)CCOCCc1ccc(CCN2CC3CC(OC(=O)Nc4ccccc4-c4ccccc4)C[C@@H]3C2)cc1. The fourth-order valence-electron chi connectivity index (χ4n) is 8.44. The van der Waals surface area contributed by atoms with Crippen LogP contribution in [0, 0.1) is 11.8 Å². The summed E-state index contributed by atoms with van der Waals surface area (Å²) in [4.78, 5) is 44.0. The molecule has 0 radical (unpaired) electrons. The van der Waals surface area contributed by atoms with E-state index in [1.807, 2.05) is 54.6 Å². The molecule has 1 aliphatic carbocycles. The van der Waals surface area contributed by atoms with Crippen LogP contribution in [0.5, 0.6) is 5.75 Å². The molecule has 7 rings (SSSR count). The molecule has 59 heavy (non-hydrogen) atoms. The van der Waals surface area contributed by atoms with Crippen LogP contribution in [0.2, 0.25) is 0 Å². The number of aliphatic hydroxyl groups excluding tert-OH is 1. The van der Waals surface area contributed by atoms with Crippen molar-refractivity contribution in [2.24, 2.45) is 11.8 Å². The number of anilines is 1. The molecule has 4 aromatic carbocycles. The molecule has 0 spiro atoms. The van der Waals surface area contributed by atoms with Gasteiger partial charge < -0.3 is 39.8 Å². The number of hydrogen-bond donors (Lipinski definition) is 5. The van der Waals surface area contributed by atoms with Crippen molar-refractivity contribution in [3.63, 3.8) is 0 Å². The lowest BCUT2D eigenvalue weighted by Crippen LogP contribution is -2.35. The van der Waals surface area contributed by atoms with E-state index in [0.717, 1.165) is 62.1 Å². The minimum atomic E-state index is -0.861. The lowest BCUT2D eigenvalue weighted by atomic mass is 10.0. The lowest BCUT2D eigenvalue weighted by molar-refractivity contribution is -0.131. The third-order valence-electron chi connectivity index (χ3n) is 11.7. The Labute approximate surface area is 345 Å². The number of aromatic nitrogens is 1. The van der Waals surface area contributed by atoms with E-state index in [0.29, 0.717) is 61.0 Å². The van der Waals surface area contributed by atoms with Gasteiger partial charge >= 0.3 is 6.09 Å². The molecule has 1 saturated carbocycles. The van der Waals surface area contributed by atoms with Gasteiger partial charge in [0.15, 0.2) is 0 Å². The minimum Gasteiger partial charge on any atom is -0.506 e. The van der Waals surface area contributed by atoms with Gasteiger partial charge in [-0.25, -0.2) is 4.79 Å². The highest BCUT2D eigenvalue weighted by atomic mass is 16.6. The lowest BCUT2D eigenvalue weighted by Gasteiger charge is -2.20. The van der Waals surface area contributed by atoms with Crippen molar-refractivity contribution in [1.29, 1.82) is 0 Å². The average molecular weight is 802 g/mol. The van der Waals surface area contributed by atoms with Crippen LogP contribution < -0.4 is 16.2 Å². The Morgan fingerprint density at radius 3 is 2.36 bits per heavy atom. The van der Waals surface area contributed by atoms with Crippen LogP contribution >= 0.6 is 0 Å². The Morgan fingerprint density at radius 2 is 1.59 bits per heavy atom. The van der Waals surface area contributed by atoms with Crippen LogP contribution in [-0.2, 0) is 27.1 Å². The number of likely N-dealkylation sites (tertiary alicyclic amines) is 1. The first-order valence-corrected chi connectivity index (χ1v) is 20.7. The highest BCUT2D eigenvalue weighted by Gasteiger charge is 2.42. The van der Waals surface area contributed by atoms with Crippen molar-refractivity contribution in [2.45, 2.75) is 44.3 Å². The molecule has 1 saturated heterocycles. The number of aromatic hydroxyl groups is 1. The summed E-state index contributed by atoms with van der Waals surface area (Å²) in [6.07, 6.45) is 2.59. The summed E-state index contributed by atoms with van der Waals surface area (Å²) in [5.41, 5.74) is 5.84. The topological polar surface area (TPSA) is 156 Å². The van der Waals surface area contributed by atoms with Crippen molar-refractivity contribution >= 4 is 28.6 Å². The Kier molecular flexibility index (Phi) is 14.1. The molecule has 2 heterocycles. The van der Waals surface area contributed by atoms with Crippen LogP contribution in [0.25, 0.3) is 22.0 Å². The molecule has 310 valence electrons. The zero-order chi connectivity index (χ0) is 41.1. The number of phenols is 1. The van der Waals surface area contributed by atoms with E-state index < -0.39 is 6.10 Å². The summed E-state index contributed by atoms with van der Waals surface area (Å²) in [5.74, 6) is 1.05. The molecule has 2 amide bonds. The summed E-state index contributed by atoms with van der Waals surface area (Å²) in [5, 5.41) is 27.6. The van der Waals surface area contributed by atoms with E-state index in [1.54, 1.807) is 24.1 Å². The first kappa shape index (κ1) is 41.6. The first-order valence-electron chi connectivity index (χ1n) is 20.7. The zero-order valence-electron chi connectivity index (χ0n) is 33.6. The van der Waals surface area contributed by atoms with Gasteiger partial charge in [-0.3, -0.25) is 14.9 Å². The third-order valence-corrected chi connectivity index (χ3v) is 11.7. The molecule has 2 aliphatic rings. The predicted molar refractivity (Wildman–Crippen MR) is 229 cm³/mol. The number of aromatic amines is 1. The number of phenolic OH excluding ortho intramolecular Hbond substituents is 1. The number of carbonyl (C=O) groups is 2. The number of aliphatic hydroxyl groups is 1. The Bertz CT molecular complexity index is 2220. The standard InChI is InChI=1S/C47H55N5O7/c1-51(24-22-48-29-43(54)39-15-17-42(53)46-40(39)16-18-44(55)50-46)45(56)21-26-58-25-20-33-13-11-32(12-14-33)19-23-52-30-35-27-37(28-36(35)31-52)59-47(57)49-41-10-6-5-9-38(41)34-7-3-2-4-8-34/h2-18,35-37,43,48,53-54H,19-31H2,1H3,(H,49,57)(H,50,55)/t35-,36?,37?,43+/m1/s1. The van der Waals surface area contributed by atoms with Gasteiger partial charge in [0.2, 0.25) is 11.5 Å². The number of benzene rings is 4. The average Bonchev–Trinajstić information content (AvgIpc) is 3.80. The number of likely N-dealkylation sites (N-methyl/N-ethyl adjacent to an activating group) is 1. The number of rotatable bonds is 18. The molecule has 2 unspecified atom stereocenters. The van der Waals surface area contributed by atoms with Crippen molar-refractivity contribution in [3.05, 3.63) is 130 Å². The second-order valence-electron chi connectivity index (χ2n) is 15.8. The second kappa shape index (κ2) is 20.0. The number of nitrogens with zero attached hydrogens (tertiary/aromatic N) is 2. The molecule has 5 N–H and O–H groups in total. The molecule has 1 aromatic heterocycles. The highest BCUT2D eigenvalue weighted by Crippen LogP contribution is 2.40. The molecule has 4 atom stereocenters. The normalized spacial score (nSPS) is 18.1. The molecule has 1 aliphatic heterocycles. The van der Waals surface area contributed by atoms with Crippen LogP contribution in [0.15, 0.2) is 108 Å². The van der Waals surface area contributed by atoms with Crippen LogP contribution in [0.3, 0.4) is 0 Å². The van der Waals surface area contributed by atoms with E-state index in [2.05, 4.69) is 44.8 Å². The Balaban J connectivity index is 0.730. The number of nitrogens with one attached hydrogen (secondary N) is 3. The molecular formula is C47H55N5O7. The second-order valence-corrected chi connectivity index (χ2v) is 15.8. The number of H-pyrrole nitrogens is 1. The van der Waals surface area contributed by atoms with Gasteiger partial charge in [0.25, 0.3) is 0 Å². The van der Waals surface area contributed by atoms with E-state index in [-0.39, 0.29) is 36.0 Å².